The molecule has 3 rings (SSSR count). The molecule has 2 heterocycles. The van der Waals surface area contributed by atoms with Gasteiger partial charge in [-0.2, -0.15) is 15.1 Å². The van der Waals surface area contributed by atoms with Crippen LogP contribution in [0.3, 0.4) is 0 Å². The van der Waals surface area contributed by atoms with Crippen LogP contribution in [-0.4, -0.2) is 32.9 Å². The Balaban J connectivity index is 1.65. The highest BCUT2D eigenvalue weighted by molar-refractivity contribution is 6.28. The van der Waals surface area contributed by atoms with Crippen LogP contribution in [-0.2, 0) is 7.05 Å². The third kappa shape index (κ3) is 3.05. The van der Waals surface area contributed by atoms with Gasteiger partial charge in [0, 0.05) is 7.05 Å². The molecule has 21 heavy (non-hydrogen) atoms. The zero-order valence-corrected chi connectivity index (χ0v) is 12.2. The lowest BCUT2D eigenvalue weighted by atomic mass is 10.3. The van der Waals surface area contributed by atoms with Gasteiger partial charge in [0.15, 0.2) is 5.65 Å². The topological polar surface area (TPSA) is 64.9 Å². The van der Waals surface area contributed by atoms with E-state index in [0.717, 1.165) is 11.1 Å². The number of rotatable bonds is 5. The lowest BCUT2D eigenvalue weighted by molar-refractivity contribution is 0.333. The quantitative estimate of drug-likeness (QED) is 0.579. The number of halogens is 1. The molecule has 6 nitrogen and oxygen atoms in total. The smallest absolute Gasteiger partial charge is 0.226 e. The summed E-state index contributed by atoms with van der Waals surface area (Å²) in [6.45, 7) is 1.12. The largest absolute Gasteiger partial charge is 0.492 e. The molecule has 0 spiro atoms. The summed E-state index contributed by atoms with van der Waals surface area (Å²) in [5, 5.41) is 8.38. The summed E-state index contributed by atoms with van der Waals surface area (Å²) in [5.74, 6) is 1.50. The average molecular weight is 304 g/mol. The maximum absolute atomic E-state index is 5.93. The molecule has 7 heteroatoms. The first-order valence-electron chi connectivity index (χ1n) is 6.51. The van der Waals surface area contributed by atoms with Crippen molar-refractivity contribution in [1.29, 1.82) is 0 Å². The Bertz CT molecular complexity index is 744. The van der Waals surface area contributed by atoms with Gasteiger partial charge in [-0.3, -0.25) is 4.68 Å². The van der Waals surface area contributed by atoms with E-state index in [9.17, 15) is 0 Å². The second-order valence-electron chi connectivity index (χ2n) is 4.43. The molecule has 0 atom stereocenters. The lowest BCUT2D eigenvalue weighted by Gasteiger charge is -2.08. The van der Waals surface area contributed by atoms with E-state index in [0.29, 0.717) is 24.6 Å². The van der Waals surface area contributed by atoms with Gasteiger partial charge in [0.05, 0.1) is 18.1 Å². The Morgan fingerprint density at radius 3 is 2.86 bits per heavy atom. The van der Waals surface area contributed by atoms with E-state index >= 15 is 0 Å². The zero-order valence-electron chi connectivity index (χ0n) is 11.5. The van der Waals surface area contributed by atoms with Crippen molar-refractivity contribution in [2.75, 3.05) is 18.5 Å². The molecule has 0 aliphatic heterocycles. The van der Waals surface area contributed by atoms with Crippen LogP contribution in [0.5, 0.6) is 5.75 Å². The SMILES string of the molecule is Cn1ncc2c(NCCOc3ccccc3)nc(Cl)nc21. The van der Waals surface area contributed by atoms with Gasteiger partial charge >= 0.3 is 0 Å². The van der Waals surface area contributed by atoms with E-state index in [1.807, 2.05) is 37.4 Å². The van der Waals surface area contributed by atoms with Crippen LogP contribution in [0.1, 0.15) is 0 Å². The highest BCUT2D eigenvalue weighted by Gasteiger charge is 2.10. The van der Waals surface area contributed by atoms with E-state index in [2.05, 4.69) is 20.4 Å². The normalized spacial score (nSPS) is 10.8. The number of nitrogens with zero attached hydrogens (tertiary/aromatic N) is 4. The van der Waals surface area contributed by atoms with E-state index < -0.39 is 0 Å². The van der Waals surface area contributed by atoms with Crippen molar-refractivity contribution in [2.24, 2.45) is 7.05 Å². The van der Waals surface area contributed by atoms with E-state index in [1.54, 1.807) is 10.9 Å². The van der Waals surface area contributed by atoms with Gasteiger partial charge < -0.3 is 10.1 Å². The highest BCUT2D eigenvalue weighted by atomic mass is 35.5. The third-order valence-electron chi connectivity index (χ3n) is 2.97. The predicted molar refractivity (Wildman–Crippen MR) is 81.7 cm³/mol. The Hall–Kier alpha value is -2.34. The number of nitrogens with one attached hydrogen (secondary N) is 1. The minimum absolute atomic E-state index is 0.192. The van der Waals surface area contributed by atoms with Crippen molar-refractivity contribution in [3.8, 4) is 5.75 Å². The molecule has 0 saturated heterocycles. The number of ether oxygens (including phenoxy) is 1. The van der Waals surface area contributed by atoms with Gasteiger partial charge in [0.25, 0.3) is 0 Å². The van der Waals surface area contributed by atoms with Crippen molar-refractivity contribution < 1.29 is 4.74 Å². The van der Waals surface area contributed by atoms with Gasteiger partial charge in [-0.05, 0) is 23.7 Å². The molecule has 0 radical (unpaired) electrons. The summed E-state index contributed by atoms with van der Waals surface area (Å²) in [6.07, 6.45) is 1.71. The minimum Gasteiger partial charge on any atom is -0.492 e. The maximum Gasteiger partial charge on any atom is 0.226 e. The number of aromatic nitrogens is 4. The number of hydrogen-bond acceptors (Lipinski definition) is 5. The first-order valence-corrected chi connectivity index (χ1v) is 6.89. The Morgan fingerprint density at radius 2 is 2.05 bits per heavy atom. The van der Waals surface area contributed by atoms with Crippen LogP contribution < -0.4 is 10.1 Å². The van der Waals surface area contributed by atoms with Gasteiger partial charge in [0.2, 0.25) is 5.28 Å². The standard InChI is InChI=1S/C14H14ClN5O/c1-20-13-11(9-17-20)12(18-14(15)19-13)16-7-8-21-10-5-3-2-4-6-10/h2-6,9H,7-8H2,1H3,(H,16,18,19). The fraction of sp³-hybridized carbons (Fsp3) is 0.214. The summed E-state index contributed by atoms with van der Waals surface area (Å²) < 4.78 is 7.28. The molecule has 0 aliphatic rings. The summed E-state index contributed by atoms with van der Waals surface area (Å²) >= 11 is 5.93. The van der Waals surface area contributed by atoms with Gasteiger partial charge in [-0.15, -0.1) is 0 Å². The fourth-order valence-corrected chi connectivity index (χ4v) is 2.15. The van der Waals surface area contributed by atoms with E-state index in [1.165, 1.54) is 0 Å². The molecular weight excluding hydrogens is 290 g/mol. The number of para-hydroxylation sites is 1. The van der Waals surface area contributed by atoms with Crippen molar-refractivity contribution in [2.45, 2.75) is 0 Å². The molecule has 2 aromatic heterocycles. The van der Waals surface area contributed by atoms with Gasteiger partial charge in [-0.25, -0.2) is 0 Å². The van der Waals surface area contributed by atoms with Crippen LogP contribution in [0.2, 0.25) is 5.28 Å². The second kappa shape index (κ2) is 5.97. The lowest BCUT2D eigenvalue weighted by Crippen LogP contribution is -2.13. The molecule has 0 unspecified atom stereocenters. The predicted octanol–water partition coefficient (Wildman–Crippen LogP) is 2.51. The molecule has 3 aromatic rings. The van der Waals surface area contributed by atoms with Crippen molar-refractivity contribution >= 4 is 28.5 Å². The number of benzene rings is 1. The number of hydrogen-bond donors (Lipinski definition) is 1. The molecule has 0 aliphatic carbocycles. The number of fused-ring (bicyclic) bond motifs is 1. The molecule has 0 fully saturated rings. The third-order valence-corrected chi connectivity index (χ3v) is 3.14. The van der Waals surface area contributed by atoms with Crippen LogP contribution in [0.25, 0.3) is 11.0 Å². The van der Waals surface area contributed by atoms with Crippen LogP contribution in [0.4, 0.5) is 5.82 Å². The summed E-state index contributed by atoms with van der Waals surface area (Å²) in [4.78, 5) is 8.35. The zero-order chi connectivity index (χ0) is 14.7. The molecule has 108 valence electrons. The van der Waals surface area contributed by atoms with Crippen molar-refractivity contribution in [3.05, 3.63) is 41.8 Å². The number of anilines is 1. The molecular formula is C14H14ClN5O. The molecule has 0 bridgehead atoms. The monoisotopic (exact) mass is 303 g/mol. The Labute approximate surface area is 126 Å². The van der Waals surface area contributed by atoms with Gasteiger partial charge in [-0.1, -0.05) is 18.2 Å². The minimum atomic E-state index is 0.192. The van der Waals surface area contributed by atoms with Crippen LogP contribution in [0.15, 0.2) is 36.5 Å². The first kappa shape index (κ1) is 13.6. The molecule has 0 amide bonds. The summed E-state index contributed by atoms with van der Waals surface area (Å²) in [7, 11) is 1.81. The molecule has 1 aromatic carbocycles. The Kier molecular flexibility index (Phi) is 3.87. The number of aryl methyl sites for hydroxylation is 1. The first-order chi connectivity index (χ1) is 10.2. The highest BCUT2D eigenvalue weighted by Crippen LogP contribution is 2.21. The fourth-order valence-electron chi connectivity index (χ4n) is 1.99. The summed E-state index contributed by atoms with van der Waals surface area (Å²) in [5.41, 5.74) is 0.696. The summed E-state index contributed by atoms with van der Waals surface area (Å²) in [6, 6.07) is 9.66. The second-order valence-corrected chi connectivity index (χ2v) is 4.77. The maximum atomic E-state index is 5.93. The van der Waals surface area contributed by atoms with Crippen molar-refractivity contribution in [1.82, 2.24) is 19.7 Å². The van der Waals surface area contributed by atoms with Crippen molar-refractivity contribution in [3.63, 3.8) is 0 Å². The van der Waals surface area contributed by atoms with Gasteiger partial charge in [0.1, 0.15) is 18.2 Å². The Morgan fingerprint density at radius 1 is 1.24 bits per heavy atom. The molecule has 1 N–H and O–H groups in total. The average Bonchev–Trinajstić information content (AvgIpc) is 2.86. The van der Waals surface area contributed by atoms with E-state index in [-0.39, 0.29) is 5.28 Å². The van der Waals surface area contributed by atoms with Crippen LogP contribution in [0, 0.1) is 0 Å². The van der Waals surface area contributed by atoms with Crippen LogP contribution >= 0.6 is 11.6 Å². The molecule has 0 saturated carbocycles. The van der Waals surface area contributed by atoms with E-state index in [4.69, 9.17) is 16.3 Å².